The summed E-state index contributed by atoms with van der Waals surface area (Å²) in [6.45, 7) is 3.39. The van der Waals surface area contributed by atoms with Crippen molar-refractivity contribution in [1.29, 1.82) is 0 Å². The molecule has 1 atom stereocenters. The van der Waals surface area contributed by atoms with Crippen molar-refractivity contribution in [2.45, 2.75) is 19.4 Å². The van der Waals surface area contributed by atoms with Crippen molar-refractivity contribution in [2.24, 2.45) is 7.05 Å². The van der Waals surface area contributed by atoms with Gasteiger partial charge in [-0.1, -0.05) is 0 Å². The quantitative estimate of drug-likeness (QED) is 0.757. The van der Waals surface area contributed by atoms with Crippen LogP contribution in [0.2, 0.25) is 0 Å². The molecular formula is C19H21N7O. The third-order valence-corrected chi connectivity index (χ3v) is 4.73. The van der Waals surface area contributed by atoms with Gasteiger partial charge in [-0.05, 0) is 31.0 Å². The lowest BCUT2D eigenvalue weighted by atomic mass is 10.1. The normalized spacial score (nSPS) is 16.5. The molecule has 1 aliphatic rings. The second-order valence-corrected chi connectivity index (χ2v) is 6.74. The van der Waals surface area contributed by atoms with Crippen LogP contribution in [-0.4, -0.2) is 49.8 Å². The topological polar surface area (TPSA) is 88.8 Å². The highest BCUT2D eigenvalue weighted by molar-refractivity contribution is 5.95. The number of nitrogens with one attached hydrogen (secondary N) is 1. The number of anilines is 1. The predicted molar refractivity (Wildman–Crippen MR) is 101 cm³/mol. The predicted octanol–water partition coefficient (Wildman–Crippen LogP) is 1.59. The summed E-state index contributed by atoms with van der Waals surface area (Å²) in [4.78, 5) is 27.7. The Morgan fingerprint density at radius 2 is 2.15 bits per heavy atom. The van der Waals surface area contributed by atoms with Gasteiger partial charge in [-0.3, -0.25) is 14.5 Å². The zero-order valence-electron chi connectivity index (χ0n) is 15.3. The summed E-state index contributed by atoms with van der Waals surface area (Å²) in [5.74, 6) is 0.586. The molecule has 3 aromatic heterocycles. The first-order valence-corrected chi connectivity index (χ1v) is 8.88. The Labute approximate surface area is 157 Å². The van der Waals surface area contributed by atoms with E-state index in [1.807, 2.05) is 32.3 Å². The van der Waals surface area contributed by atoms with Crippen molar-refractivity contribution >= 4 is 11.9 Å². The molecule has 0 saturated carbocycles. The van der Waals surface area contributed by atoms with E-state index in [0.29, 0.717) is 18.1 Å². The minimum absolute atomic E-state index is 0.0581. The van der Waals surface area contributed by atoms with Crippen LogP contribution in [0.15, 0.2) is 43.1 Å². The number of carbonyl (C=O) groups is 1. The summed E-state index contributed by atoms with van der Waals surface area (Å²) >= 11 is 0. The average molecular weight is 363 g/mol. The number of hydrogen-bond donors (Lipinski definition) is 1. The highest BCUT2D eigenvalue weighted by Crippen LogP contribution is 2.21. The lowest BCUT2D eigenvalue weighted by Crippen LogP contribution is -2.37. The van der Waals surface area contributed by atoms with Gasteiger partial charge in [0, 0.05) is 56.5 Å². The van der Waals surface area contributed by atoms with Crippen LogP contribution < -0.4 is 10.2 Å². The summed E-state index contributed by atoms with van der Waals surface area (Å²) < 4.78 is 1.75. The highest BCUT2D eigenvalue weighted by atomic mass is 16.1. The number of carbonyl (C=O) groups excluding carboxylic acids is 1. The molecule has 138 valence electrons. The summed E-state index contributed by atoms with van der Waals surface area (Å²) in [6, 6.07) is 3.78. The van der Waals surface area contributed by atoms with Crippen molar-refractivity contribution < 1.29 is 4.79 Å². The molecule has 4 heterocycles. The summed E-state index contributed by atoms with van der Waals surface area (Å²) in [5, 5.41) is 7.29. The number of hydrogen-bond acceptors (Lipinski definition) is 6. The van der Waals surface area contributed by atoms with Gasteiger partial charge in [0.05, 0.1) is 17.5 Å². The van der Waals surface area contributed by atoms with Crippen LogP contribution in [0.25, 0.3) is 11.3 Å². The van der Waals surface area contributed by atoms with Gasteiger partial charge in [-0.25, -0.2) is 9.97 Å². The van der Waals surface area contributed by atoms with Crippen LogP contribution in [0, 0.1) is 6.92 Å². The van der Waals surface area contributed by atoms with Gasteiger partial charge in [0.1, 0.15) is 0 Å². The Morgan fingerprint density at radius 3 is 2.93 bits per heavy atom. The number of nitrogens with zero attached hydrogens (tertiary/aromatic N) is 6. The van der Waals surface area contributed by atoms with Crippen LogP contribution in [0.4, 0.5) is 5.95 Å². The number of aryl methyl sites for hydroxylation is 2. The third-order valence-electron chi connectivity index (χ3n) is 4.73. The molecule has 0 aromatic carbocycles. The van der Waals surface area contributed by atoms with E-state index < -0.39 is 0 Å². The first-order valence-electron chi connectivity index (χ1n) is 8.88. The molecule has 4 rings (SSSR count). The molecule has 8 heteroatoms. The average Bonchev–Trinajstić information content (AvgIpc) is 3.31. The summed E-state index contributed by atoms with van der Waals surface area (Å²) in [6.07, 6.45) is 9.62. The molecule has 0 aliphatic carbocycles. The lowest BCUT2D eigenvalue weighted by Gasteiger charge is -2.17. The van der Waals surface area contributed by atoms with Crippen LogP contribution >= 0.6 is 0 Å². The second-order valence-electron chi connectivity index (χ2n) is 6.74. The maximum Gasteiger partial charge on any atom is 0.253 e. The van der Waals surface area contributed by atoms with Crippen LogP contribution in [0.1, 0.15) is 22.3 Å². The Morgan fingerprint density at radius 1 is 1.26 bits per heavy atom. The van der Waals surface area contributed by atoms with Crippen molar-refractivity contribution in [3.05, 3.63) is 54.2 Å². The number of aromatic nitrogens is 5. The van der Waals surface area contributed by atoms with E-state index in [0.717, 1.165) is 29.8 Å². The molecule has 1 aliphatic heterocycles. The Balaban J connectivity index is 1.44. The van der Waals surface area contributed by atoms with Crippen molar-refractivity contribution in [1.82, 2.24) is 30.0 Å². The van der Waals surface area contributed by atoms with Crippen LogP contribution in [0.3, 0.4) is 0 Å². The number of pyridine rings is 1. The lowest BCUT2D eigenvalue weighted by molar-refractivity contribution is 0.0939. The standard InChI is InChI=1S/C19H21N7O/c1-13-3-6-20-10-16(13)18(27)23-15-5-8-26(12-15)19-21-7-4-17(24-19)14-9-22-25(2)11-14/h3-4,6-7,9-11,15H,5,8,12H2,1-2H3,(H,23,27). The van der Waals surface area contributed by atoms with Crippen molar-refractivity contribution in [3.8, 4) is 11.3 Å². The summed E-state index contributed by atoms with van der Waals surface area (Å²) in [5.41, 5.74) is 3.33. The minimum atomic E-state index is -0.0857. The molecule has 8 nitrogen and oxygen atoms in total. The van der Waals surface area contributed by atoms with E-state index in [1.165, 1.54) is 0 Å². The zero-order chi connectivity index (χ0) is 18.8. The monoisotopic (exact) mass is 363 g/mol. The van der Waals surface area contributed by atoms with E-state index in [-0.39, 0.29) is 11.9 Å². The van der Waals surface area contributed by atoms with Gasteiger partial charge in [0.25, 0.3) is 5.91 Å². The van der Waals surface area contributed by atoms with E-state index >= 15 is 0 Å². The fourth-order valence-electron chi connectivity index (χ4n) is 3.24. The minimum Gasteiger partial charge on any atom is -0.347 e. The maximum atomic E-state index is 12.5. The molecule has 3 aromatic rings. The molecule has 0 bridgehead atoms. The molecule has 27 heavy (non-hydrogen) atoms. The first-order chi connectivity index (χ1) is 13.1. The van der Waals surface area contributed by atoms with Crippen molar-refractivity contribution in [3.63, 3.8) is 0 Å². The van der Waals surface area contributed by atoms with Gasteiger partial charge in [-0.2, -0.15) is 5.10 Å². The highest BCUT2D eigenvalue weighted by Gasteiger charge is 2.26. The van der Waals surface area contributed by atoms with Gasteiger partial charge in [-0.15, -0.1) is 0 Å². The maximum absolute atomic E-state index is 12.5. The van der Waals surface area contributed by atoms with Gasteiger partial charge >= 0.3 is 0 Å². The Hall–Kier alpha value is -3.29. The van der Waals surface area contributed by atoms with Crippen molar-refractivity contribution in [2.75, 3.05) is 18.0 Å². The number of rotatable bonds is 4. The van der Waals surface area contributed by atoms with Gasteiger partial charge in [0.2, 0.25) is 5.95 Å². The van der Waals surface area contributed by atoms with Gasteiger partial charge < -0.3 is 10.2 Å². The molecule has 1 fully saturated rings. The van der Waals surface area contributed by atoms with Crippen LogP contribution in [0.5, 0.6) is 0 Å². The smallest absolute Gasteiger partial charge is 0.253 e. The molecule has 1 unspecified atom stereocenters. The first kappa shape index (κ1) is 17.1. The largest absolute Gasteiger partial charge is 0.347 e. The Kier molecular flexibility index (Phi) is 4.53. The third kappa shape index (κ3) is 3.64. The fraction of sp³-hybridized carbons (Fsp3) is 0.316. The molecule has 1 N–H and O–H groups in total. The molecular weight excluding hydrogens is 342 g/mol. The zero-order valence-corrected chi connectivity index (χ0v) is 15.3. The van der Waals surface area contributed by atoms with Crippen LogP contribution in [-0.2, 0) is 7.05 Å². The number of amides is 1. The molecule has 1 amide bonds. The van der Waals surface area contributed by atoms with E-state index in [9.17, 15) is 4.79 Å². The van der Waals surface area contributed by atoms with Gasteiger partial charge in [0.15, 0.2) is 0 Å². The fourth-order valence-corrected chi connectivity index (χ4v) is 3.24. The second kappa shape index (κ2) is 7.14. The summed E-state index contributed by atoms with van der Waals surface area (Å²) in [7, 11) is 1.88. The van der Waals surface area contributed by atoms with E-state index in [2.05, 4.69) is 30.3 Å². The Bertz CT molecular complexity index is 968. The SMILES string of the molecule is Cc1ccncc1C(=O)NC1CCN(c2nccc(-c3cnn(C)c3)n2)C1. The molecule has 0 spiro atoms. The van der Waals surface area contributed by atoms with E-state index in [1.54, 1.807) is 29.5 Å². The molecule has 0 radical (unpaired) electrons. The molecule has 1 saturated heterocycles. The van der Waals surface area contributed by atoms with E-state index in [4.69, 9.17) is 0 Å².